The van der Waals surface area contributed by atoms with E-state index in [0.717, 1.165) is 55.2 Å². The zero-order chi connectivity index (χ0) is 19.1. The number of esters is 1. The minimum atomic E-state index is -0.596. The molecule has 6 heteroatoms. The number of nitriles is 1. The summed E-state index contributed by atoms with van der Waals surface area (Å²) in [5.74, 6) is -0.772. The van der Waals surface area contributed by atoms with Crippen molar-refractivity contribution < 1.29 is 13.9 Å². The predicted molar refractivity (Wildman–Crippen MR) is 97.7 cm³/mol. The fraction of sp³-hybridized carbons (Fsp3) is 0.381. The second kappa shape index (κ2) is 6.75. The first kappa shape index (κ1) is 17.6. The van der Waals surface area contributed by atoms with Crippen molar-refractivity contribution in [3.63, 3.8) is 0 Å². The number of halogens is 1. The average molecular weight is 365 g/mol. The first-order valence-electron chi connectivity index (χ1n) is 9.06. The maximum atomic E-state index is 14.8. The number of nitrogens with zero attached hydrogens (tertiary/aromatic N) is 3. The van der Waals surface area contributed by atoms with Gasteiger partial charge in [0.05, 0.1) is 23.9 Å². The molecule has 2 aromatic rings. The van der Waals surface area contributed by atoms with E-state index in [4.69, 9.17) is 4.98 Å². The van der Waals surface area contributed by atoms with Crippen LogP contribution in [0.1, 0.15) is 51.5 Å². The molecule has 1 aliphatic carbocycles. The third-order valence-electron chi connectivity index (χ3n) is 5.34. The van der Waals surface area contributed by atoms with Gasteiger partial charge in [0.2, 0.25) is 0 Å². The van der Waals surface area contributed by atoms with Crippen molar-refractivity contribution in [3.8, 4) is 17.3 Å². The van der Waals surface area contributed by atoms with Crippen LogP contribution in [0.2, 0.25) is 0 Å². The molecule has 2 heterocycles. The van der Waals surface area contributed by atoms with Gasteiger partial charge in [-0.05, 0) is 55.6 Å². The van der Waals surface area contributed by atoms with E-state index in [1.807, 2.05) is 0 Å². The number of hydrogen-bond donors (Lipinski definition) is 0. The summed E-state index contributed by atoms with van der Waals surface area (Å²) < 4.78 is 19.5. The number of rotatable bonds is 3. The topological polar surface area (TPSA) is 66.2 Å². The molecular formula is C21H20FN3O2. The molecule has 1 aromatic carbocycles. The highest BCUT2D eigenvalue weighted by Gasteiger charge is 2.33. The summed E-state index contributed by atoms with van der Waals surface area (Å²) in [5, 5.41) is 9.82. The van der Waals surface area contributed by atoms with Crippen molar-refractivity contribution in [1.82, 2.24) is 9.88 Å². The monoisotopic (exact) mass is 365 g/mol. The molecule has 2 aliphatic rings. The molecule has 1 saturated carbocycles. The largest absolute Gasteiger partial charge is 0.465 e. The van der Waals surface area contributed by atoms with Gasteiger partial charge in [0, 0.05) is 30.3 Å². The van der Waals surface area contributed by atoms with Crippen LogP contribution in [0.3, 0.4) is 0 Å². The molecule has 0 N–H and O–H groups in total. The Morgan fingerprint density at radius 1 is 1.37 bits per heavy atom. The molecule has 1 fully saturated rings. The Bertz CT molecular complexity index is 976. The summed E-state index contributed by atoms with van der Waals surface area (Å²) in [6, 6.07) is 6.43. The number of methoxy groups -OCH3 is 1. The third kappa shape index (κ3) is 3.08. The highest BCUT2D eigenvalue weighted by molar-refractivity contribution is 5.90. The van der Waals surface area contributed by atoms with E-state index < -0.39 is 11.8 Å². The Morgan fingerprint density at radius 3 is 2.78 bits per heavy atom. The Morgan fingerprint density at radius 2 is 2.15 bits per heavy atom. The Hall–Kier alpha value is -2.78. The van der Waals surface area contributed by atoms with E-state index in [1.165, 1.54) is 19.2 Å². The van der Waals surface area contributed by atoms with Crippen LogP contribution in [-0.4, -0.2) is 36.6 Å². The van der Waals surface area contributed by atoms with E-state index in [1.54, 1.807) is 0 Å². The summed E-state index contributed by atoms with van der Waals surface area (Å²) in [6.07, 6.45) is 2.92. The van der Waals surface area contributed by atoms with Crippen LogP contribution in [0.15, 0.2) is 18.2 Å². The second-order valence-electron chi connectivity index (χ2n) is 7.24. The maximum Gasteiger partial charge on any atom is 0.337 e. The number of benzene rings is 1. The number of carbonyl (C=O) groups excluding carboxylic acids is 1. The molecule has 0 unspecified atom stereocenters. The van der Waals surface area contributed by atoms with Gasteiger partial charge in [-0.3, -0.25) is 4.98 Å². The van der Waals surface area contributed by atoms with Gasteiger partial charge in [0.25, 0.3) is 0 Å². The summed E-state index contributed by atoms with van der Waals surface area (Å²) in [5.41, 5.74) is 4.37. The molecule has 1 aliphatic heterocycles. The number of ether oxygens (including phenoxy) is 1. The second-order valence-corrected chi connectivity index (χ2v) is 7.24. The third-order valence-corrected chi connectivity index (χ3v) is 5.34. The van der Waals surface area contributed by atoms with E-state index in [-0.39, 0.29) is 11.1 Å². The van der Waals surface area contributed by atoms with E-state index in [2.05, 4.69) is 22.8 Å². The number of fused-ring (bicyclic) bond motifs is 1. The Balaban J connectivity index is 1.90. The lowest BCUT2D eigenvalue weighted by Gasteiger charge is -2.28. The standard InChI is InChI=1S/C21H20FN3O2/c1-25-8-7-14-16(10-23)20(24-19(12-3-4-12)17(14)11-25)15-6-5-13(9-18(15)22)21(26)27-2/h5-6,9,12H,3-4,7-8,11H2,1-2H3. The van der Waals surface area contributed by atoms with Crippen LogP contribution in [0, 0.1) is 17.1 Å². The number of aromatic nitrogens is 1. The summed E-state index contributed by atoms with van der Waals surface area (Å²) in [6.45, 7) is 1.63. The van der Waals surface area contributed by atoms with Gasteiger partial charge in [-0.15, -0.1) is 0 Å². The van der Waals surface area contributed by atoms with E-state index in [0.29, 0.717) is 17.2 Å². The molecule has 0 atom stereocenters. The first-order valence-corrected chi connectivity index (χ1v) is 9.06. The van der Waals surface area contributed by atoms with Gasteiger partial charge >= 0.3 is 5.97 Å². The summed E-state index contributed by atoms with van der Waals surface area (Å²) in [7, 11) is 3.32. The summed E-state index contributed by atoms with van der Waals surface area (Å²) >= 11 is 0. The minimum absolute atomic E-state index is 0.138. The number of carbonyl (C=O) groups is 1. The average Bonchev–Trinajstić information content (AvgIpc) is 3.51. The highest BCUT2D eigenvalue weighted by atomic mass is 19.1. The smallest absolute Gasteiger partial charge is 0.337 e. The van der Waals surface area contributed by atoms with E-state index in [9.17, 15) is 14.4 Å². The van der Waals surface area contributed by atoms with Crippen molar-refractivity contribution in [2.75, 3.05) is 20.7 Å². The first-order chi connectivity index (χ1) is 13.0. The molecule has 0 spiro atoms. The van der Waals surface area contributed by atoms with Crippen LogP contribution in [-0.2, 0) is 17.7 Å². The molecular weight excluding hydrogens is 345 g/mol. The summed E-state index contributed by atoms with van der Waals surface area (Å²) in [4.78, 5) is 18.6. The van der Waals surface area contributed by atoms with Gasteiger partial charge in [-0.25, -0.2) is 9.18 Å². The fourth-order valence-corrected chi connectivity index (χ4v) is 3.76. The molecule has 27 heavy (non-hydrogen) atoms. The fourth-order valence-electron chi connectivity index (χ4n) is 3.76. The molecule has 0 saturated heterocycles. The molecule has 4 rings (SSSR count). The van der Waals surface area contributed by atoms with Gasteiger partial charge in [-0.2, -0.15) is 5.26 Å². The SMILES string of the molecule is COC(=O)c1ccc(-c2nc(C3CC3)c3c(c2C#N)CCN(C)C3)c(F)c1. The molecule has 1 aromatic heterocycles. The van der Waals surface area contributed by atoms with Crippen molar-refractivity contribution >= 4 is 5.97 Å². The zero-order valence-corrected chi connectivity index (χ0v) is 15.4. The van der Waals surface area contributed by atoms with Gasteiger partial charge in [0.15, 0.2) is 0 Å². The van der Waals surface area contributed by atoms with Crippen molar-refractivity contribution in [2.24, 2.45) is 0 Å². The lowest BCUT2D eigenvalue weighted by molar-refractivity contribution is 0.0600. The van der Waals surface area contributed by atoms with Crippen molar-refractivity contribution in [3.05, 3.63) is 52.0 Å². The lowest BCUT2D eigenvalue weighted by Crippen LogP contribution is -2.29. The van der Waals surface area contributed by atoms with E-state index >= 15 is 0 Å². The maximum absolute atomic E-state index is 14.8. The van der Waals surface area contributed by atoms with Crippen molar-refractivity contribution in [2.45, 2.75) is 31.7 Å². The molecule has 138 valence electrons. The van der Waals surface area contributed by atoms with Crippen LogP contribution in [0.5, 0.6) is 0 Å². The lowest BCUT2D eigenvalue weighted by atomic mass is 9.89. The number of likely N-dealkylation sites (N-methyl/N-ethyl adjacent to an activating group) is 1. The molecule has 0 bridgehead atoms. The number of hydrogen-bond acceptors (Lipinski definition) is 5. The molecule has 0 radical (unpaired) electrons. The minimum Gasteiger partial charge on any atom is -0.465 e. The van der Waals surface area contributed by atoms with Crippen LogP contribution in [0.4, 0.5) is 4.39 Å². The van der Waals surface area contributed by atoms with Crippen LogP contribution in [0.25, 0.3) is 11.3 Å². The Labute approximate surface area is 157 Å². The normalized spacial score (nSPS) is 16.5. The Kier molecular flexibility index (Phi) is 4.40. The number of pyridine rings is 1. The van der Waals surface area contributed by atoms with Crippen molar-refractivity contribution in [1.29, 1.82) is 5.26 Å². The molecule has 0 amide bonds. The molecule has 5 nitrogen and oxygen atoms in total. The van der Waals surface area contributed by atoms with Crippen LogP contribution >= 0.6 is 0 Å². The van der Waals surface area contributed by atoms with Gasteiger partial charge in [-0.1, -0.05) is 0 Å². The highest BCUT2D eigenvalue weighted by Crippen LogP contribution is 2.44. The van der Waals surface area contributed by atoms with Gasteiger partial charge < -0.3 is 9.64 Å². The predicted octanol–water partition coefficient (Wildman–Crippen LogP) is 3.41. The zero-order valence-electron chi connectivity index (χ0n) is 15.4. The van der Waals surface area contributed by atoms with Gasteiger partial charge in [0.1, 0.15) is 11.9 Å². The van der Waals surface area contributed by atoms with Crippen LogP contribution < -0.4 is 0 Å². The quantitative estimate of drug-likeness (QED) is 0.780.